The molecule has 58 heavy (non-hydrogen) atoms. The van der Waals surface area contributed by atoms with Gasteiger partial charge < -0.3 is 0 Å². The number of rotatable bonds is 8. The molecule has 10 aromatic rings. The van der Waals surface area contributed by atoms with Crippen LogP contribution in [0.3, 0.4) is 0 Å². The van der Waals surface area contributed by atoms with E-state index in [-0.39, 0.29) is 38.5 Å². The van der Waals surface area contributed by atoms with E-state index in [9.17, 15) is 16.2 Å². The van der Waals surface area contributed by atoms with Crippen LogP contribution in [-0.4, -0.2) is 13.4 Å². The molecule has 0 heterocycles. The zero-order chi connectivity index (χ0) is 56.4. The highest BCUT2D eigenvalue weighted by Gasteiger charge is 2.30. The molecule has 0 saturated heterocycles. The Morgan fingerprint density at radius 1 is 0.448 bits per heavy atom. The molecule has 0 N–H and O–H groups in total. The summed E-state index contributed by atoms with van der Waals surface area (Å²) in [5.74, 6) is 0. The lowest BCUT2D eigenvalue weighted by Gasteiger charge is -2.26. The van der Waals surface area contributed by atoms with Gasteiger partial charge in [0, 0.05) is 5.56 Å². The van der Waals surface area contributed by atoms with Crippen molar-refractivity contribution in [1.82, 2.24) is 0 Å². The molecule has 0 atom stereocenters. The van der Waals surface area contributed by atoms with E-state index in [1.165, 1.54) is 0 Å². The van der Waals surface area contributed by atoms with E-state index in [4.69, 9.17) is 23.0 Å². The zero-order valence-corrected chi connectivity index (χ0v) is 30.1. The number of benzene rings is 10. The molecule has 10 rings (SSSR count). The predicted molar refractivity (Wildman–Crippen MR) is 247 cm³/mol. The Bertz CT molecular complexity index is 3870. The SMILES string of the molecule is [2H]c1c([2H])c([2H])c(B(c2c([2H])c([2H])c([2H])c([2H])c2[2H])c2cc(-c3ccccc3C#N)c3ccc4c(B(c5c([2H])c([2H])c([2H])c([2H])c5[2H])c5c([2H])c([2H])c([2H])c([2H])c5[2H])cc(-c5ccccc5[N+]#[C-])c5ccc2c3c45)c([2H])c1[2H]. The molecule has 0 unspecified atom stereocenters. The van der Waals surface area contributed by atoms with Crippen LogP contribution < -0.4 is 32.8 Å². The van der Waals surface area contributed by atoms with Crippen molar-refractivity contribution >= 4 is 84.2 Å². The first kappa shape index (κ1) is 19.5. The maximum Gasteiger partial charge on any atom is 0.242 e. The standard InChI is InChI=1S/C54H34B2N2/c1-58-52-29-17-16-28-43(52)49-35-51(56(40-23-10-4-11-24-40)41-25-12-5-13-26-41)47-32-30-44-48(42-27-15-14-18-37(42)36-57)34-50(46-33-31-45(49)54(47)53(44)46)55(38-19-6-2-7-20-38)39-21-8-3-9-22-39/h2-35H/i2D,3D,4D,5D,6D,7D,8D,9D,10D,11D,12D,13D,19D,20D,21D,22D,23D,24D,25D,26D. The van der Waals surface area contributed by atoms with E-state index in [0.29, 0.717) is 38.2 Å². The average molecular weight is 753 g/mol. The van der Waals surface area contributed by atoms with Crippen LogP contribution in [0.1, 0.15) is 33.0 Å². The van der Waals surface area contributed by atoms with Crippen LogP contribution in [0.25, 0.3) is 59.4 Å². The molecule has 0 radical (unpaired) electrons. The van der Waals surface area contributed by atoms with Gasteiger partial charge in [0.2, 0.25) is 13.4 Å². The van der Waals surface area contributed by atoms with E-state index >= 15 is 0 Å². The molecule has 0 amide bonds. The van der Waals surface area contributed by atoms with Gasteiger partial charge in [-0.1, -0.05) is 232 Å². The van der Waals surface area contributed by atoms with Gasteiger partial charge in [0.25, 0.3) is 0 Å². The summed E-state index contributed by atoms with van der Waals surface area (Å²) in [7, 11) is 0. The molecule has 0 saturated carbocycles. The largest absolute Gasteiger partial charge is 0.242 e. The number of nitrogens with zero attached hydrogens (tertiary/aromatic N) is 2. The van der Waals surface area contributed by atoms with Crippen molar-refractivity contribution < 1.29 is 27.4 Å². The van der Waals surface area contributed by atoms with Gasteiger partial charge in [-0.05, 0) is 55.1 Å². The molecule has 0 spiro atoms. The van der Waals surface area contributed by atoms with Gasteiger partial charge in [0.05, 0.1) is 45.6 Å². The second kappa shape index (κ2) is 14.8. The second-order valence-corrected chi connectivity index (χ2v) is 13.4. The van der Waals surface area contributed by atoms with Gasteiger partial charge in [-0.2, -0.15) is 5.26 Å². The number of hydrogen-bond acceptors (Lipinski definition) is 1. The summed E-state index contributed by atoms with van der Waals surface area (Å²) in [6.45, 7) is 4.77. The zero-order valence-electron chi connectivity index (χ0n) is 50.1. The normalized spacial score (nSPS) is 15.9. The Labute approximate surface area is 367 Å². The van der Waals surface area contributed by atoms with Crippen molar-refractivity contribution in [3.63, 3.8) is 0 Å². The first-order chi connectivity index (χ1) is 37.0. The van der Waals surface area contributed by atoms with Crippen molar-refractivity contribution in [1.29, 1.82) is 5.26 Å². The van der Waals surface area contributed by atoms with Crippen molar-refractivity contribution in [3.05, 3.63) is 223 Å². The Hall–Kier alpha value is -7.65. The Kier molecular flexibility index (Phi) is 4.96. The van der Waals surface area contributed by atoms with Crippen LogP contribution in [0.5, 0.6) is 0 Å². The molecular formula is C54H34B2N2. The van der Waals surface area contributed by atoms with Crippen LogP contribution in [0.15, 0.2) is 206 Å². The molecule has 2 nitrogen and oxygen atoms in total. The average Bonchev–Trinajstić information content (AvgIpc) is 3.62. The highest BCUT2D eigenvalue weighted by molar-refractivity contribution is 6.98. The maximum atomic E-state index is 10.7. The molecule has 4 heteroatoms. The summed E-state index contributed by atoms with van der Waals surface area (Å²) in [5.41, 5.74) is -0.240. The number of nitriles is 1. The molecule has 0 fully saturated rings. The van der Waals surface area contributed by atoms with Gasteiger partial charge in [0.1, 0.15) is 0 Å². The van der Waals surface area contributed by atoms with Crippen molar-refractivity contribution in [2.24, 2.45) is 0 Å². The fourth-order valence-electron chi connectivity index (χ4n) is 8.11. The molecular weight excluding hydrogens is 698 g/mol. The summed E-state index contributed by atoms with van der Waals surface area (Å²) >= 11 is 0. The third-order valence-corrected chi connectivity index (χ3v) is 10.5. The molecule has 0 bridgehead atoms. The van der Waals surface area contributed by atoms with E-state index in [1.807, 2.05) is 0 Å². The maximum absolute atomic E-state index is 10.7. The smallest absolute Gasteiger partial charge is 0.238 e. The second-order valence-electron chi connectivity index (χ2n) is 13.4. The number of hydrogen-bond donors (Lipinski definition) is 0. The lowest BCUT2D eigenvalue weighted by molar-refractivity contribution is 1.48. The highest BCUT2D eigenvalue weighted by Crippen LogP contribution is 2.43. The van der Waals surface area contributed by atoms with Gasteiger partial charge in [-0.15, -0.1) is 0 Å². The van der Waals surface area contributed by atoms with Crippen LogP contribution in [-0.2, 0) is 0 Å². The van der Waals surface area contributed by atoms with Crippen molar-refractivity contribution in [3.8, 4) is 28.3 Å². The van der Waals surface area contributed by atoms with Gasteiger partial charge >= 0.3 is 0 Å². The lowest BCUT2D eigenvalue weighted by Crippen LogP contribution is -2.52. The first-order valence-electron chi connectivity index (χ1n) is 28.0. The lowest BCUT2D eigenvalue weighted by atomic mass is 9.35. The van der Waals surface area contributed by atoms with Crippen LogP contribution in [0.4, 0.5) is 5.69 Å². The van der Waals surface area contributed by atoms with E-state index in [1.54, 1.807) is 84.9 Å². The molecule has 266 valence electrons. The van der Waals surface area contributed by atoms with Crippen LogP contribution in [0, 0.1) is 17.9 Å². The summed E-state index contributed by atoms with van der Waals surface area (Å²) in [4.78, 5) is 3.82. The Balaban J connectivity index is 1.53. The topological polar surface area (TPSA) is 28.1 Å². The summed E-state index contributed by atoms with van der Waals surface area (Å²) in [6, 6.07) is 9.75. The summed E-state index contributed by atoms with van der Waals surface area (Å²) in [5, 5.41) is 12.5. The molecule has 0 aliphatic rings. The minimum absolute atomic E-state index is 0.0398. The molecule has 0 aromatic heterocycles. The third kappa shape index (κ3) is 5.83. The van der Waals surface area contributed by atoms with Gasteiger partial charge in [-0.3, -0.25) is 0 Å². The Morgan fingerprint density at radius 3 is 1.26 bits per heavy atom. The van der Waals surface area contributed by atoms with Gasteiger partial charge in [-0.25, -0.2) is 4.85 Å². The van der Waals surface area contributed by atoms with Gasteiger partial charge in [0.15, 0.2) is 5.69 Å². The molecule has 0 aliphatic heterocycles. The third-order valence-electron chi connectivity index (χ3n) is 10.5. The Morgan fingerprint density at radius 2 is 0.828 bits per heavy atom. The monoisotopic (exact) mass is 752 g/mol. The van der Waals surface area contributed by atoms with Crippen molar-refractivity contribution in [2.75, 3.05) is 0 Å². The fourth-order valence-corrected chi connectivity index (χ4v) is 8.11. The molecule has 10 aromatic carbocycles. The van der Waals surface area contributed by atoms with E-state index in [0.717, 1.165) is 0 Å². The van der Waals surface area contributed by atoms with Crippen molar-refractivity contribution in [2.45, 2.75) is 0 Å². The summed E-state index contributed by atoms with van der Waals surface area (Å²) < 4.78 is 180. The summed E-state index contributed by atoms with van der Waals surface area (Å²) in [6.07, 6.45) is 0. The van der Waals surface area contributed by atoms with E-state index in [2.05, 4.69) is 10.9 Å². The predicted octanol–water partition coefficient (Wildman–Crippen LogP) is 9.37. The minimum Gasteiger partial charge on any atom is -0.238 e. The van der Waals surface area contributed by atoms with E-state index < -0.39 is 156 Å². The minimum atomic E-state index is -1.77. The fraction of sp³-hybridized carbons (Fsp3) is 0. The van der Waals surface area contributed by atoms with Crippen LogP contribution in [0.2, 0.25) is 0 Å². The van der Waals surface area contributed by atoms with Crippen LogP contribution >= 0.6 is 0 Å². The number of para-hydroxylation sites is 1. The molecule has 0 aliphatic carbocycles. The quantitative estimate of drug-likeness (QED) is 0.0865. The highest BCUT2D eigenvalue weighted by atomic mass is 14.6. The first-order valence-corrected chi connectivity index (χ1v) is 18.0.